The molecule has 3 heterocycles. The van der Waals surface area contributed by atoms with Gasteiger partial charge in [0.25, 0.3) is 0 Å². The molecular formula is C21H26N4O2. The van der Waals surface area contributed by atoms with Gasteiger partial charge in [0.15, 0.2) is 0 Å². The number of amides is 1. The summed E-state index contributed by atoms with van der Waals surface area (Å²) in [5.41, 5.74) is 4.78. The van der Waals surface area contributed by atoms with E-state index in [4.69, 9.17) is 4.74 Å². The number of fused-ring (bicyclic) bond motifs is 1. The van der Waals surface area contributed by atoms with Gasteiger partial charge in [-0.3, -0.25) is 14.7 Å². The minimum atomic E-state index is -0.0400. The van der Waals surface area contributed by atoms with Crippen LogP contribution in [0, 0.1) is 13.8 Å². The highest BCUT2D eigenvalue weighted by molar-refractivity contribution is 5.78. The molecule has 1 atom stereocenters. The first-order valence-corrected chi connectivity index (χ1v) is 9.68. The van der Waals surface area contributed by atoms with E-state index in [1.54, 1.807) is 6.20 Å². The summed E-state index contributed by atoms with van der Waals surface area (Å²) < 4.78 is 6.21. The van der Waals surface area contributed by atoms with Crippen LogP contribution in [-0.2, 0) is 11.2 Å². The minimum absolute atomic E-state index is 0.0400. The number of hydrogen-bond acceptors (Lipinski definition) is 5. The molecular weight excluding hydrogens is 340 g/mol. The summed E-state index contributed by atoms with van der Waals surface area (Å²) in [5.74, 6) is 0.955. The third-order valence-electron chi connectivity index (χ3n) is 5.25. The highest BCUT2D eigenvalue weighted by Gasteiger charge is 2.27. The lowest BCUT2D eigenvalue weighted by Gasteiger charge is -2.16. The van der Waals surface area contributed by atoms with Crippen molar-refractivity contribution in [2.75, 3.05) is 26.2 Å². The van der Waals surface area contributed by atoms with Crippen molar-refractivity contribution in [3.05, 3.63) is 41.3 Å². The van der Waals surface area contributed by atoms with Crippen molar-refractivity contribution in [1.29, 1.82) is 0 Å². The molecule has 0 aliphatic carbocycles. The number of carbonyl (C=O) groups excluding carboxylic acids is 1. The molecule has 0 spiro atoms. The maximum absolute atomic E-state index is 12.2. The molecule has 1 N–H and O–H groups in total. The molecule has 1 aromatic heterocycles. The van der Waals surface area contributed by atoms with Crippen LogP contribution in [0.4, 0.5) is 0 Å². The van der Waals surface area contributed by atoms with Crippen molar-refractivity contribution in [2.45, 2.75) is 39.2 Å². The van der Waals surface area contributed by atoms with Crippen molar-refractivity contribution < 1.29 is 9.53 Å². The van der Waals surface area contributed by atoms with Gasteiger partial charge in [-0.25, -0.2) is 4.98 Å². The number of aromatic nitrogens is 2. The third-order valence-corrected chi connectivity index (χ3v) is 5.25. The van der Waals surface area contributed by atoms with Crippen LogP contribution in [0.3, 0.4) is 0 Å². The maximum Gasteiger partial charge on any atom is 0.234 e. The Bertz CT molecular complexity index is 846. The number of hydrogen-bond donors (Lipinski definition) is 1. The number of nitrogens with one attached hydrogen (secondary N) is 1. The Balaban J connectivity index is 1.43. The quantitative estimate of drug-likeness (QED) is 0.879. The average Bonchev–Trinajstić information content (AvgIpc) is 3.31. The second-order valence-corrected chi connectivity index (χ2v) is 7.47. The Hall–Kier alpha value is -2.47. The van der Waals surface area contributed by atoms with Gasteiger partial charge in [0.2, 0.25) is 5.91 Å². The lowest BCUT2D eigenvalue weighted by atomic mass is 10.0. The lowest BCUT2D eigenvalue weighted by Crippen LogP contribution is -2.40. The molecule has 1 fully saturated rings. The van der Waals surface area contributed by atoms with Crippen LogP contribution in [0.2, 0.25) is 0 Å². The molecule has 4 rings (SSSR count). The summed E-state index contributed by atoms with van der Waals surface area (Å²) in [5, 5.41) is 3.03. The molecule has 0 saturated carbocycles. The zero-order valence-electron chi connectivity index (χ0n) is 16.0. The van der Waals surface area contributed by atoms with E-state index in [1.165, 1.54) is 12.8 Å². The Kier molecular flexibility index (Phi) is 5.07. The number of nitrogens with zero attached hydrogens (tertiary/aromatic N) is 3. The van der Waals surface area contributed by atoms with E-state index in [-0.39, 0.29) is 12.0 Å². The molecule has 27 heavy (non-hydrogen) atoms. The van der Waals surface area contributed by atoms with Gasteiger partial charge in [0, 0.05) is 18.2 Å². The number of likely N-dealkylation sites (tertiary alicyclic amines) is 1. The molecule has 1 amide bonds. The normalized spacial score (nSPS) is 19.0. The zero-order valence-corrected chi connectivity index (χ0v) is 16.0. The van der Waals surface area contributed by atoms with Crippen molar-refractivity contribution in [1.82, 2.24) is 20.2 Å². The van der Waals surface area contributed by atoms with E-state index in [2.05, 4.69) is 26.3 Å². The van der Waals surface area contributed by atoms with E-state index in [0.29, 0.717) is 13.1 Å². The molecule has 2 aromatic rings. The Morgan fingerprint density at radius 3 is 2.93 bits per heavy atom. The fourth-order valence-corrected chi connectivity index (χ4v) is 3.86. The first-order valence-electron chi connectivity index (χ1n) is 9.68. The zero-order chi connectivity index (χ0) is 18.8. The van der Waals surface area contributed by atoms with Crippen LogP contribution >= 0.6 is 0 Å². The number of aryl methyl sites for hydroxylation is 2. The monoisotopic (exact) mass is 366 g/mol. The first-order chi connectivity index (χ1) is 13.1. The van der Waals surface area contributed by atoms with Crippen LogP contribution in [0.25, 0.3) is 11.3 Å². The number of para-hydroxylation sites is 1. The average molecular weight is 366 g/mol. The van der Waals surface area contributed by atoms with Gasteiger partial charge in [-0.2, -0.15) is 0 Å². The number of ether oxygens (including phenoxy) is 1. The van der Waals surface area contributed by atoms with Crippen LogP contribution < -0.4 is 10.1 Å². The van der Waals surface area contributed by atoms with Crippen molar-refractivity contribution in [3.63, 3.8) is 0 Å². The van der Waals surface area contributed by atoms with Crippen molar-refractivity contribution in [2.24, 2.45) is 0 Å². The maximum atomic E-state index is 12.2. The molecule has 2 aliphatic rings. The highest BCUT2D eigenvalue weighted by atomic mass is 16.5. The van der Waals surface area contributed by atoms with Gasteiger partial charge in [-0.05, 0) is 51.4 Å². The standard InChI is InChI=1S/C21H26N4O2/c1-14-11-22-15(2)20(24-14)18-7-5-6-16-10-17(27-21(16)18)12-23-19(26)13-25-8-3-4-9-25/h5-7,11,17H,3-4,8-10,12-13H2,1-2H3,(H,23,26). The lowest BCUT2D eigenvalue weighted by molar-refractivity contribution is -0.122. The van der Waals surface area contributed by atoms with Gasteiger partial charge < -0.3 is 10.1 Å². The van der Waals surface area contributed by atoms with Gasteiger partial charge >= 0.3 is 0 Å². The van der Waals surface area contributed by atoms with Crippen molar-refractivity contribution in [3.8, 4) is 17.0 Å². The molecule has 2 aliphatic heterocycles. The van der Waals surface area contributed by atoms with Crippen LogP contribution in [0.15, 0.2) is 24.4 Å². The summed E-state index contributed by atoms with van der Waals surface area (Å²) in [6, 6.07) is 6.16. The molecule has 1 unspecified atom stereocenters. The molecule has 0 bridgehead atoms. The smallest absolute Gasteiger partial charge is 0.234 e. The molecule has 0 radical (unpaired) electrons. The van der Waals surface area contributed by atoms with Gasteiger partial charge in [0.1, 0.15) is 11.9 Å². The fraction of sp³-hybridized carbons (Fsp3) is 0.476. The van der Waals surface area contributed by atoms with Gasteiger partial charge in [0.05, 0.1) is 30.2 Å². The third kappa shape index (κ3) is 3.95. The van der Waals surface area contributed by atoms with E-state index >= 15 is 0 Å². The van der Waals surface area contributed by atoms with E-state index in [0.717, 1.165) is 53.5 Å². The number of carbonyl (C=O) groups is 1. The molecule has 6 nitrogen and oxygen atoms in total. The summed E-state index contributed by atoms with van der Waals surface area (Å²) in [6.45, 7) is 6.98. The first kappa shape index (κ1) is 17.9. The highest BCUT2D eigenvalue weighted by Crippen LogP contribution is 2.38. The molecule has 6 heteroatoms. The second kappa shape index (κ2) is 7.64. The fourth-order valence-electron chi connectivity index (χ4n) is 3.86. The van der Waals surface area contributed by atoms with Crippen LogP contribution in [-0.4, -0.2) is 53.1 Å². The summed E-state index contributed by atoms with van der Waals surface area (Å²) in [7, 11) is 0. The Morgan fingerprint density at radius 2 is 2.11 bits per heavy atom. The second-order valence-electron chi connectivity index (χ2n) is 7.47. The van der Waals surface area contributed by atoms with E-state index in [1.807, 2.05) is 26.0 Å². The van der Waals surface area contributed by atoms with Crippen molar-refractivity contribution >= 4 is 5.91 Å². The largest absolute Gasteiger partial charge is 0.487 e. The molecule has 1 saturated heterocycles. The van der Waals surface area contributed by atoms with Crippen LogP contribution in [0.1, 0.15) is 29.8 Å². The number of rotatable bonds is 5. The summed E-state index contributed by atoms with van der Waals surface area (Å²) in [4.78, 5) is 23.5. The summed E-state index contributed by atoms with van der Waals surface area (Å²) >= 11 is 0. The van der Waals surface area contributed by atoms with Crippen LogP contribution in [0.5, 0.6) is 5.75 Å². The molecule has 1 aromatic carbocycles. The number of benzene rings is 1. The van der Waals surface area contributed by atoms with E-state index in [9.17, 15) is 4.79 Å². The Morgan fingerprint density at radius 1 is 1.30 bits per heavy atom. The Labute approximate surface area is 160 Å². The van der Waals surface area contributed by atoms with E-state index < -0.39 is 0 Å². The predicted octanol–water partition coefficient (Wildman–Crippen LogP) is 2.28. The summed E-state index contributed by atoms with van der Waals surface area (Å²) in [6.07, 6.45) is 4.92. The predicted molar refractivity (Wildman–Crippen MR) is 104 cm³/mol. The van der Waals surface area contributed by atoms with Gasteiger partial charge in [-0.15, -0.1) is 0 Å². The van der Waals surface area contributed by atoms with Gasteiger partial charge in [-0.1, -0.05) is 12.1 Å². The SMILES string of the molecule is Cc1cnc(C)c(-c2cccc3c2OC(CNC(=O)CN2CCCC2)C3)n1. The minimum Gasteiger partial charge on any atom is -0.487 e. The topological polar surface area (TPSA) is 67.3 Å². The molecule has 142 valence electrons.